The van der Waals surface area contributed by atoms with Gasteiger partial charge in [0.15, 0.2) is 0 Å². The van der Waals surface area contributed by atoms with Gasteiger partial charge < -0.3 is 10.3 Å². The minimum absolute atomic E-state index is 0.475. The molecule has 0 spiro atoms. The lowest BCUT2D eigenvalue weighted by atomic mass is 10.1. The largest absolute Gasteiger partial charge is 0.399 e. The van der Waals surface area contributed by atoms with Crippen LogP contribution >= 0.6 is 0 Å². The molecule has 2 aromatic carbocycles. The zero-order valence-electron chi connectivity index (χ0n) is 10.5. The van der Waals surface area contributed by atoms with Crippen molar-refractivity contribution in [2.24, 2.45) is 0 Å². The van der Waals surface area contributed by atoms with E-state index in [0.29, 0.717) is 17.4 Å². The van der Waals surface area contributed by atoms with E-state index in [1.165, 1.54) is 5.56 Å². The summed E-state index contributed by atoms with van der Waals surface area (Å²) in [6.45, 7) is 2.04. The van der Waals surface area contributed by atoms with Gasteiger partial charge in [-0.05, 0) is 25.1 Å². The van der Waals surface area contributed by atoms with E-state index >= 15 is 0 Å². The van der Waals surface area contributed by atoms with E-state index in [-0.39, 0.29) is 0 Å². The molecule has 0 saturated carbocycles. The predicted octanol–water partition coefficient (Wildman–Crippen LogP) is 3.29. The van der Waals surface area contributed by atoms with E-state index in [1.807, 2.05) is 55.5 Å². The maximum Gasteiger partial charge on any atom is 0.258 e. The summed E-state index contributed by atoms with van der Waals surface area (Å²) in [7, 11) is 0. The number of hydrogen-bond donors (Lipinski definition) is 1. The highest BCUT2D eigenvalue weighted by Crippen LogP contribution is 2.23. The van der Waals surface area contributed by atoms with Crippen molar-refractivity contribution in [1.82, 2.24) is 10.1 Å². The van der Waals surface area contributed by atoms with Crippen LogP contribution in [0.4, 0.5) is 5.69 Å². The Kier molecular flexibility index (Phi) is 2.76. The van der Waals surface area contributed by atoms with Crippen LogP contribution in [0.25, 0.3) is 22.8 Å². The van der Waals surface area contributed by atoms with E-state index in [2.05, 4.69) is 10.1 Å². The molecule has 0 unspecified atom stereocenters. The fourth-order valence-electron chi connectivity index (χ4n) is 1.83. The van der Waals surface area contributed by atoms with Crippen LogP contribution in [0.5, 0.6) is 0 Å². The molecule has 4 heteroatoms. The fraction of sp³-hybridized carbons (Fsp3) is 0.0667. The number of nitrogens with zero attached hydrogens (tertiary/aromatic N) is 2. The molecule has 0 aliphatic carbocycles. The Morgan fingerprint density at radius 1 is 1.00 bits per heavy atom. The van der Waals surface area contributed by atoms with Crippen molar-refractivity contribution >= 4 is 5.69 Å². The average molecular weight is 251 g/mol. The van der Waals surface area contributed by atoms with Gasteiger partial charge in [0, 0.05) is 16.8 Å². The molecule has 0 amide bonds. The van der Waals surface area contributed by atoms with Gasteiger partial charge in [0.2, 0.25) is 5.82 Å². The number of aryl methyl sites for hydroxylation is 1. The number of nitrogen functional groups attached to an aromatic ring is 1. The molecule has 0 aliphatic heterocycles. The SMILES string of the molecule is Cc1ccc(-c2noc(-c3cccc(N)c3)n2)cc1. The highest BCUT2D eigenvalue weighted by molar-refractivity contribution is 5.62. The second-order valence-corrected chi connectivity index (χ2v) is 4.41. The van der Waals surface area contributed by atoms with Crippen LogP contribution in [0.3, 0.4) is 0 Å². The maximum absolute atomic E-state index is 5.74. The second-order valence-electron chi connectivity index (χ2n) is 4.41. The third kappa shape index (κ3) is 2.33. The highest BCUT2D eigenvalue weighted by atomic mass is 16.5. The quantitative estimate of drug-likeness (QED) is 0.710. The number of hydrogen-bond acceptors (Lipinski definition) is 4. The first-order valence-electron chi connectivity index (χ1n) is 5.99. The Morgan fingerprint density at radius 2 is 1.79 bits per heavy atom. The van der Waals surface area contributed by atoms with Gasteiger partial charge in [-0.25, -0.2) is 0 Å². The summed E-state index contributed by atoms with van der Waals surface area (Å²) in [5, 5.41) is 4.00. The number of aromatic nitrogens is 2. The molecule has 0 fully saturated rings. The Labute approximate surface area is 110 Å². The Hall–Kier alpha value is -2.62. The summed E-state index contributed by atoms with van der Waals surface area (Å²) < 4.78 is 5.27. The second kappa shape index (κ2) is 4.57. The van der Waals surface area contributed by atoms with Crippen LogP contribution in [-0.2, 0) is 0 Å². The molecule has 3 rings (SSSR count). The molecule has 0 aliphatic rings. The van der Waals surface area contributed by atoms with Crippen LogP contribution in [0.15, 0.2) is 53.1 Å². The smallest absolute Gasteiger partial charge is 0.258 e. The molecule has 3 aromatic rings. The first-order chi connectivity index (χ1) is 9.22. The van der Waals surface area contributed by atoms with Crippen molar-refractivity contribution < 1.29 is 4.52 Å². The molecule has 4 nitrogen and oxygen atoms in total. The molecule has 0 bridgehead atoms. The first-order valence-corrected chi connectivity index (χ1v) is 5.99. The van der Waals surface area contributed by atoms with Crippen molar-refractivity contribution in [2.45, 2.75) is 6.92 Å². The van der Waals surface area contributed by atoms with E-state index in [4.69, 9.17) is 10.3 Å². The van der Waals surface area contributed by atoms with E-state index in [1.54, 1.807) is 0 Å². The lowest BCUT2D eigenvalue weighted by Gasteiger charge is -1.96. The fourth-order valence-corrected chi connectivity index (χ4v) is 1.83. The monoisotopic (exact) mass is 251 g/mol. The molecule has 1 heterocycles. The van der Waals surface area contributed by atoms with Gasteiger partial charge in [-0.2, -0.15) is 4.98 Å². The van der Waals surface area contributed by atoms with Gasteiger partial charge in [0.05, 0.1) is 0 Å². The third-order valence-electron chi connectivity index (χ3n) is 2.87. The Balaban J connectivity index is 1.97. The van der Waals surface area contributed by atoms with Gasteiger partial charge >= 0.3 is 0 Å². The molecule has 2 N–H and O–H groups in total. The molecule has 0 atom stereocenters. The number of rotatable bonds is 2. The van der Waals surface area contributed by atoms with Crippen LogP contribution in [-0.4, -0.2) is 10.1 Å². The minimum Gasteiger partial charge on any atom is -0.399 e. The molecule has 0 radical (unpaired) electrons. The summed E-state index contributed by atoms with van der Waals surface area (Å²) in [5.41, 5.74) is 9.37. The third-order valence-corrected chi connectivity index (χ3v) is 2.87. The Morgan fingerprint density at radius 3 is 2.53 bits per heavy atom. The number of anilines is 1. The van der Waals surface area contributed by atoms with Crippen LogP contribution < -0.4 is 5.73 Å². The summed E-state index contributed by atoms with van der Waals surface area (Å²) in [6.07, 6.45) is 0. The van der Waals surface area contributed by atoms with Gasteiger partial charge in [-0.3, -0.25) is 0 Å². The lowest BCUT2D eigenvalue weighted by molar-refractivity contribution is 0.432. The normalized spacial score (nSPS) is 10.6. The van der Waals surface area contributed by atoms with Gasteiger partial charge in [-0.1, -0.05) is 41.1 Å². The summed E-state index contributed by atoms with van der Waals surface area (Å²) in [5.74, 6) is 1.06. The molecule has 0 saturated heterocycles. The van der Waals surface area contributed by atoms with Gasteiger partial charge in [0.1, 0.15) is 0 Å². The summed E-state index contributed by atoms with van der Waals surface area (Å²) in [4.78, 5) is 4.39. The van der Waals surface area contributed by atoms with Crippen LogP contribution in [0.2, 0.25) is 0 Å². The molecular formula is C15H13N3O. The van der Waals surface area contributed by atoms with Crippen molar-refractivity contribution in [3.63, 3.8) is 0 Å². The molecular weight excluding hydrogens is 238 g/mol. The van der Waals surface area contributed by atoms with Crippen LogP contribution in [0.1, 0.15) is 5.56 Å². The highest BCUT2D eigenvalue weighted by Gasteiger charge is 2.10. The maximum atomic E-state index is 5.74. The first kappa shape index (κ1) is 11.5. The van der Waals surface area contributed by atoms with Gasteiger partial charge in [-0.15, -0.1) is 0 Å². The van der Waals surface area contributed by atoms with E-state index in [9.17, 15) is 0 Å². The van der Waals surface area contributed by atoms with E-state index < -0.39 is 0 Å². The topological polar surface area (TPSA) is 64.9 Å². The van der Waals surface area contributed by atoms with Crippen molar-refractivity contribution in [1.29, 1.82) is 0 Å². The molecule has 1 aromatic heterocycles. The van der Waals surface area contributed by atoms with Crippen molar-refractivity contribution in [3.05, 3.63) is 54.1 Å². The van der Waals surface area contributed by atoms with Gasteiger partial charge in [0.25, 0.3) is 5.89 Å². The predicted molar refractivity (Wildman–Crippen MR) is 74.3 cm³/mol. The zero-order valence-corrected chi connectivity index (χ0v) is 10.5. The number of benzene rings is 2. The lowest BCUT2D eigenvalue weighted by Crippen LogP contribution is -1.85. The van der Waals surface area contributed by atoms with Crippen LogP contribution in [0, 0.1) is 6.92 Å². The zero-order chi connectivity index (χ0) is 13.2. The minimum atomic E-state index is 0.475. The van der Waals surface area contributed by atoms with E-state index in [0.717, 1.165) is 11.1 Å². The van der Waals surface area contributed by atoms with Crippen molar-refractivity contribution in [3.8, 4) is 22.8 Å². The molecule has 19 heavy (non-hydrogen) atoms. The standard InChI is InChI=1S/C15H13N3O/c1-10-5-7-11(8-6-10)14-17-15(19-18-14)12-3-2-4-13(16)9-12/h2-9H,16H2,1H3. The summed E-state index contributed by atoms with van der Waals surface area (Å²) >= 11 is 0. The average Bonchev–Trinajstić information content (AvgIpc) is 2.89. The van der Waals surface area contributed by atoms with Crippen molar-refractivity contribution in [2.75, 3.05) is 5.73 Å². The summed E-state index contributed by atoms with van der Waals surface area (Å²) in [6, 6.07) is 15.4. The Bertz CT molecular complexity index is 701. The number of nitrogens with two attached hydrogens (primary N) is 1. The molecule has 94 valence electrons.